The SMILES string of the molecule is COc1ccc(C(=O)N2CCC[C@@H](c3nnc(C(=O)Nc4ccc(F)cc4)s3)C2)c(OC)c1. The van der Waals surface area contributed by atoms with Gasteiger partial charge >= 0.3 is 0 Å². The number of piperidine rings is 1. The maximum absolute atomic E-state index is 13.2. The van der Waals surface area contributed by atoms with Crippen LogP contribution in [0, 0.1) is 5.82 Å². The molecule has 0 unspecified atom stereocenters. The predicted molar refractivity (Wildman–Crippen MR) is 122 cm³/mol. The highest BCUT2D eigenvalue weighted by Gasteiger charge is 2.30. The summed E-state index contributed by atoms with van der Waals surface area (Å²) >= 11 is 1.20. The van der Waals surface area contributed by atoms with Gasteiger partial charge in [0, 0.05) is 30.8 Å². The van der Waals surface area contributed by atoms with Crippen LogP contribution in [0.25, 0.3) is 0 Å². The first-order valence-electron chi connectivity index (χ1n) is 10.4. The Hall–Kier alpha value is -3.53. The number of hydrogen-bond donors (Lipinski definition) is 1. The van der Waals surface area contributed by atoms with Gasteiger partial charge in [-0.2, -0.15) is 0 Å². The number of ether oxygens (including phenoxy) is 2. The summed E-state index contributed by atoms with van der Waals surface area (Å²) in [6.45, 7) is 1.10. The van der Waals surface area contributed by atoms with E-state index in [1.54, 1.807) is 30.2 Å². The summed E-state index contributed by atoms with van der Waals surface area (Å²) in [7, 11) is 3.08. The largest absolute Gasteiger partial charge is 0.497 e. The zero-order valence-electron chi connectivity index (χ0n) is 18.2. The molecule has 1 fully saturated rings. The predicted octanol–water partition coefficient (Wildman–Crippen LogP) is 3.97. The second kappa shape index (κ2) is 9.95. The van der Waals surface area contributed by atoms with Gasteiger partial charge in [0.25, 0.3) is 11.8 Å². The molecule has 1 aromatic heterocycles. The molecule has 1 N–H and O–H groups in total. The van der Waals surface area contributed by atoms with Crippen LogP contribution in [0.3, 0.4) is 0 Å². The maximum Gasteiger partial charge on any atom is 0.286 e. The van der Waals surface area contributed by atoms with Crippen LogP contribution >= 0.6 is 11.3 Å². The van der Waals surface area contributed by atoms with Gasteiger partial charge in [-0.1, -0.05) is 11.3 Å². The number of benzene rings is 2. The Morgan fingerprint density at radius 2 is 1.91 bits per heavy atom. The molecule has 2 heterocycles. The van der Waals surface area contributed by atoms with Crippen LogP contribution in [0.5, 0.6) is 11.5 Å². The van der Waals surface area contributed by atoms with Crippen molar-refractivity contribution in [3.63, 3.8) is 0 Å². The molecule has 8 nitrogen and oxygen atoms in total. The summed E-state index contributed by atoms with van der Waals surface area (Å²) in [5.74, 6) is 0.138. The molecule has 3 aromatic rings. The number of halogens is 1. The third-order valence-corrected chi connectivity index (χ3v) is 6.52. The summed E-state index contributed by atoms with van der Waals surface area (Å²) in [4.78, 5) is 27.4. The van der Waals surface area contributed by atoms with Crippen LogP contribution in [0.4, 0.5) is 10.1 Å². The Morgan fingerprint density at radius 1 is 1.12 bits per heavy atom. The van der Waals surface area contributed by atoms with Crippen LogP contribution in [0.1, 0.15) is 43.9 Å². The molecule has 2 amide bonds. The highest BCUT2D eigenvalue weighted by molar-refractivity contribution is 7.13. The smallest absolute Gasteiger partial charge is 0.286 e. The molecule has 0 aliphatic carbocycles. The zero-order chi connectivity index (χ0) is 23.4. The Kier molecular flexibility index (Phi) is 6.83. The quantitative estimate of drug-likeness (QED) is 0.586. The molecule has 1 atom stereocenters. The van der Waals surface area contributed by atoms with Crippen molar-refractivity contribution >= 4 is 28.8 Å². The minimum Gasteiger partial charge on any atom is -0.497 e. The lowest BCUT2D eigenvalue weighted by atomic mass is 9.98. The first-order chi connectivity index (χ1) is 16.0. The molecule has 0 saturated carbocycles. The minimum atomic E-state index is -0.405. The molecule has 10 heteroatoms. The van der Waals surface area contributed by atoms with Crippen LogP contribution in [-0.2, 0) is 0 Å². The summed E-state index contributed by atoms with van der Waals surface area (Å²) in [6.07, 6.45) is 1.66. The first-order valence-corrected chi connectivity index (χ1v) is 11.2. The van der Waals surface area contributed by atoms with Crippen LogP contribution in [-0.4, -0.2) is 54.2 Å². The van der Waals surface area contributed by atoms with Crippen molar-refractivity contribution in [2.75, 3.05) is 32.6 Å². The number of likely N-dealkylation sites (tertiary alicyclic amines) is 1. The molecule has 0 bridgehead atoms. The van der Waals surface area contributed by atoms with Gasteiger partial charge in [-0.05, 0) is 49.2 Å². The van der Waals surface area contributed by atoms with Crippen molar-refractivity contribution in [2.24, 2.45) is 0 Å². The van der Waals surface area contributed by atoms with Crippen molar-refractivity contribution in [1.29, 1.82) is 0 Å². The van der Waals surface area contributed by atoms with E-state index in [4.69, 9.17) is 9.47 Å². The maximum atomic E-state index is 13.2. The fourth-order valence-electron chi connectivity index (χ4n) is 3.72. The third-order valence-electron chi connectivity index (χ3n) is 5.43. The Balaban J connectivity index is 1.45. The van der Waals surface area contributed by atoms with E-state index in [2.05, 4.69) is 15.5 Å². The van der Waals surface area contributed by atoms with Gasteiger partial charge in [-0.25, -0.2) is 4.39 Å². The number of carbonyl (C=O) groups excluding carboxylic acids is 2. The standard InChI is InChI=1S/C23H23FN4O4S/c1-31-17-9-10-18(19(12-17)32-2)23(30)28-11-3-4-14(13-28)21-26-27-22(33-21)20(29)25-16-7-5-15(24)6-8-16/h5-10,12,14H,3-4,11,13H2,1-2H3,(H,25,29)/t14-/m1/s1. The van der Waals surface area contributed by atoms with E-state index in [1.807, 2.05) is 0 Å². The van der Waals surface area contributed by atoms with E-state index in [9.17, 15) is 14.0 Å². The molecular formula is C23H23FN4O4S. The van der Waals surface area contributed by atoms with Crippen molar-refractivity contribution in [2.45, 2.75) is 18.8 Å². The van der Waals surface area contributed by atoms with Gasteiger partial charge in [0.1, 0.15) is 22.3 Å². The average Bonchev–Trinajstić information content (AvgIpc) is 3.35. The molecule has 2 aromatic carbocycles. The number of amides is 2. The van der Waals surface area contributed by atoms with Gasteiger partial charge in [-0.15, -0.1) is 10.2 Å². The van der Waals surface area contributed by atoms with Gasteiger partial charge in [-0.3, -0.25) is 9.59 Å². The lowest BCUT2D eigenvalue weighted by Crippen LogP contribution is -2.39. The molecule has 0 radical (unpaired) electrons. The number of nitrogens with zero attached hydrogens (tertiary/aromatic N) is 3. The van der Waals surface area contributed by atoms with Crippen LogP contribution in [0.2, 0.25) is 0 Å². The summed E-state index contributed by atoms with van der Waals surface area (Å²) in [5.41, 5.74) is 0.941. The Labute approximate surface area is 194 Å². The van der Waals surface area contributed by atoms with Crippen molar-refractivity contribution in [3.8, 4) is 11.5 Å². The Morgan fingerprint density at radius 3 is 2.64 bits per heavy atom. The fraction of sp³-hybridized carbons (Fsp3) is 0.304. The first kappa shape index (κ1) is 22.7. The van der Waals surface area contributed by atoms with E-state index >= 15 is 0 Å². The average molecular weight is 471 g/mol. The summed E-state index contributed by atoms with van der Waals surface area (Å²) < 4.78 is 23.6. The number of methoxy groups -OCH3 is 2. The highest BCUT2D eigenvalue weighted by Crippen LogP contribution is 2.32. The van der Waals surface area contributed by atoms with E-state index in [0.717, 1.165) is 12.8 Å². The minimum absolute atomic E-state index is 0.0168. The number of carbonyl (C=O) groups is 2. The molecule has 1 aliphatic rings. The van der Waals surface area contributed by atoms with Crippen LogP contribution < -0.4 is 14.8 Å². The Bertz CT molecular complexity index is 1150. The summed E-state index contributed by atoms with van der Waals surface area (Å²) in [5, 5.41) is 11.8. The van der Waals surface area contributed by atoms with Gasteiger partial charge in [0.2, 0.25) is 5.01 Å². The highest BCUT2D eigenvalue weighted by atomic mass is 32.1. The second-order valence-electron chi connectivity index (χ2n) is 7.56. The van der Waals surface area contributed by atoms with E-state index < -0.39 is 5.91 Å². The van der Waals surface area contributed by atoms with Gasteiger partial charge in [0.15, 0.2) is 0 Å². The number of anilines is 1. The zero-order valence-corrected chi connectivity index (χ0v) is 19.0. The second-order valence-corrected chi connectivity index (χ2v) is 8.57. The van der Waals surface area contributed by atoms with E-state index in [-0.39, 0.29) is 22.6 Å². The lowest BCUT2D eigenvalue weighted by molar-refractivity contribution is 0.0703. The number of rotatable bonds is 6. The molecule has 1 aliphatic heterocycles. The van der Waals surface area contributed by atoms with Crippen molar-refractivity contribution in [1.82, 2.24) is 15.1 Å². The monoisotopic (exact) mass is 470 g/mol. The van der Waals surface area contributed by atoms with E-state index in [0.29, 0.717) is 40.8 Å². The van der Waals surface area contributed by atoms with Gasteiger partial charge in [0.05, 0.1) is 19.8 Å². The number of hydrogen-bond acceptors (Lipinski definition) is 7. The van der Waals surface area contributed by atoms with E-state index in [1.165, 1.54) is 42.7 Å². The molecule has 172 valence electrons. The van der Waals surface area contributed by atoms with Crippen molar-refractivity contribution in [3.05, 3.63) is 63.9 Å². The number of nitrogens with one attached hydrogen (secondary N) is 1. The molecule has 0 spiro atoms. The topological polar surface area (TPSA) is 93.7 Å². The number of aromatic nitrogens is 2. The molecule has 1 saturated heterocycles. The molecular weight excluding hydrogens is 447 g/mol. The summed E-state index contributed by atoms with van der Waals surface area (Å²) in [6, 6.07) is 10.6. The molecule has 4 rings (SSSR count). The van der Waals surface area contributed by atoms with Crippen LogP contribution in [0.15, 0.2) is 42.5 Å². The van der Waals surface area contributed by atoms with Crippen molar-refractivity contribution < 1.29 is 23.5 Å². The third kappa shape index (κ3) is 5.11. The van der Waals surface area contributed by atoms with Gasteiger partial charge < -0.3 is 19.7 Å². The molecule has 33 heavy (non-hydrogen) atoms. The fourth-order valence-corrected chi connectivity index (χ4v) is 4.58. The lowest BCUT2D eigenvalue weighted by Gasteiger charge is -2.32. The normalized spacial score (nSPS) is 15.7.